The lowest BCUT2D eigenvalue weighted by molar-refractivity contribution is -0.127. The van der Waals surface area contributed by atoms with Gasteiger partial charge in [-0.15, -0.1) is 0 Å². The molecule has 1 heterocycles. The first-order valence-electron chi connectivity index (χ1n) is 5.97. The lowest BCUT2D eigenvalue weighted by Crippen LogP contribution is -2.26. The predicted molar refractivity (Wildman–Crippen MR) is 65.4 cm³/mol. The van der Waals surface area contributed by atoms with Crippen molar-refractivity contribution in [1.82, 2.24) is 9.78 Å². The quantitative estimate of drug-likeness (QED) is 0.785. The van der Waals surface area contributed by atoms with Crippen LogP contribution in [0.5, 0.6) is 0 Å². The number of aryl methyl sites for hydroxylation is 2. The lowest BCUT2D eigenvalue weighted by Gasteiger charge is -2.17. The zero-order valence-electron chi connectivity index (χ0n) is 11.0. The van der Waals surface area contributed by atoms with Gasteiger partial charge in [0, 0.05) is 11.1 Å². The molecule has 3 heteroatoms. The molecule has 0 atom stereocenters. The Kier molecular flexibility index (Phi) is 3.89. The van der Waals surface area contributed by atoms with Crippen molar-refractivity contribution in [3.8, 4) is 0 Å². The van der Waals surface area contributed by atoms with Gasteiger partial charge in [0.1, 0.15) is 6.54 Å². The van der Waals surface area contributed by atoms with E-state index in [2.05, 4.69) is 25.0 Å². The fourth-order valence-electron chi connectivity index (χ4n) is 1.48. The normalized spacial score (nSPS) is 11.8. The number of Topliss-reactive ketones (excluding diaryl/α,β-unsaturated/α-hetero) is 1. The average molecular weight is 222 g/mol. The molecule has 0 radical (unpaired) electrons. The summed E-state index contributed by atoms with van der Waals surface area (Å²) in [6, 6.07) is 2.09. The standard InChI is InChI=1S/C13H22N2O/c1-6-10-8-11(7-2)15(14-10)9-12(16)13(3,4)5/h8H,6-7,9H2,1-5H3. The molecule has 0 bridgehead atoms. The summed E-state index contributed by atoms with van der Waals surface area (Å²) in [4.78, 5) is 11.9. The zero-order valence-corrected chi connectivity index (χ0v) is 11.0. The van der Waals surface area contributed by atoms with Crippen LogP contribution in [0.1, 0.15) is 46.0 Å². The van der Waals surface area contributed by atoms with E-state index in [4.69, 9.17) is 0 Å². The molecule has 90 valence electrons. The summed E-state index contributed by atoms with van der Waals surface area (Å²) in [7, 11) is 0. The number of hydrogen-bond acceptors (Lipinski definition) is 2. The molecule has 3 nitrogen and oxygen atoms in total. The first-order valence-corrected chi connectivity index (χ1v) is 5.97. The first kappa shape index (κ1) is 12.9. The number of hydrogen-bond donors (Lipinski definition) is 0. The van der Waals surface area contributed by atoms with Crippen LogP contribution in [0.3, 0.4) is 0 Å². The van der Waals surface area contributed by atoms with Crippen molar-refractivity contribution in [1.29, 1.82) is 0 Å². The van der Waals surface area contributed by atoms with E-state index < -0.39 is 0 Å². The van der Waals surface area contributed by atoms with Gasteiger partial charge in [-0.2, -0.15) is 5.10 Å². The highest BCUT2D eigenvalue weighted by Gasteiger charge is 2.22. The van der Waals surface area contributed by atoms with Crippen LogP contribution in [0.15, 0.2) is 6.07 Å². The maximum Gasteiger partial charge on any atom is 0.159 e. The third kappa shape index (κ3) is 2.94. The smallest absolute Gasteiger partial charge is 0.159 e. The van der Waals surface area contributed by atoms with Crippen molar-refractivity contribution in [2.24, 2.45) is 5.41 Å². The van der Waals surface area contributed by atoms with E-state index in [1.54, 1.807) is 0 Å². The second-order valence-electron chi connectivity index (χ2n) is 5.16. The summed E-state index contributed by atoms with van der Waals surface area (Å²) < 4.78 is 1.85. The van der Waals surface area contributed by atoms with E-state index >= 15 is 0 Å². The zero-order chi connectivity index (χ0) is 12.3. The van der Waals surface area contributed by atoms with Crippen LogP contribution >= 0.6 is 0 Å². The van der Waals surface area contributed by atoms with Gasteiger partial charge in [-0.25, -0.2) is 0 Å². The molecule has 0 unspecified atom stereocenters. The molecule has 0 aliphatic heterocycles. The van der Waals surface area contributed by atoms with Crippen LogP contribution in [-0.2, 0) is 24.2 Å². The van der Waals surface area contributed by atoms with E-state index in [0.717, 1.165) is 24.2 Å². The number of rotatable bonds is 4. The fourth-order valence-corrected chi connectivity index (χ4v) is 1.48. The number of carbonyl (C=O) groups is 1. The monoisotopic (exact) mass is 222 g/mol. The molecular formula is C13H22N2O. The molecule has 0 aliphatic rings. The maximum atomic E-state index is 11.9. The van der Waals surface area contributed by atoms with Gasteiger partial charge in [0.25, 0.3) is 0 Å². The molecule has 0 saturated heterocycles. The Morgan fingerprint density at radius 1 is 1.31 bits per heavy atom. The van der Waals surface area contributed by atoms with Crippen LogP contribution in [-0.4, -0.2) is 15.6 Å². The SMILES string of the molecule is CCc1cc(CC)n(CC(=O)C(C)(C)C)n1. The predicted octanol–water partition coefficient (Wildman–Crippen LogP) is 2.62. The molecule has 16 heavy (non-hydrogen) atoms. The van der Waals surface area contributed by atoms with Gasteiger partial charge in [0.15, 0.2) is 5.78 Å². The third-order valence-electron chi connectivity index (χ3n) is 2.77. The highest BCUT2D eigenvalue weighted by molar-refractivity contribution is 5.83. The van der Waals surface area contributed by atoms with Gasteiger partial charge >= 0.3 is 0 Å². The molecule has 1 rings (SSSR count). The number of carbonyl (C=O) groups excluding carboxylic acids is 1. The first-order chi connectivity index (χ1) is 7.38. The van der Waals surface area contributed by atoms with E-state index in [9.17, 15) is 4.79 Å². The summed E-state index contributed by atoms with van der Waals surface area (Å²) >= 11 is 0. The summed E-state index contributed by atoms with van der Waals surface area (Å²) in [6.45, 7) is 10.4. The highest BCUT2D eigenvalue weighted by atomic mass is 16.1. The Hall–Kier alpha value is -1.12. The molecule has 0 spiro atoms. The molecule has 0 saturated carbocycles. The topological polar surface area (TPSA) is 34.9 Å². The van der Waals surface area contributed by atoms with Gasteiger partial charge in [0.2, 0.25) is 0 Å². The number of nitrogens with zero attached hydrogens (tertiary/aromatic N) is 2. The van der Waals surface area contributed by atoms with Crippen LogP contribution in [0.25, 0.3) is 0 Å². The Morgan fingerprint density at radius 3 is 2.38 bits per heavy atom. The van der Waals surface area contributed by atoms with Crippen LogP contribution in [0, 0.1) is 5.41 Å². The number of ketones is 1. The molecule has 0 aliphatic carbocycles. The van der Waals surface area contributed by atoms with Crippen molar-refractivity contribution in [2.45, 2.75) is 54.0 Å². The summed E-state index contributed by atoms with van der Waals surface area (Å²) in [5.41, 5.74) is 1.93. The van der Waals surface area contributed by atoms with Gasteiger partial charge in [0.05, 0.1) is 5.69 Å². The molecule has 1 aromatic rings. The fraction of sp³-hybridized carbons (Fsp3) is 0.692. The molecular weight excluding hydrogens is 200 g/mol. The summed E-state index contributed by atoms with van der Waals surface area (Å²) in [6.07, 6.45) is 1.84. The Morgan fingerprint density at radius 2 is 1.94 bits per heavy atom. The Bertz CT molecular complexity index is 372. The second kappa shape index (κ2) is 4.81. The third-order valence-corrected chi connectivity index (χ3v) is 2.77. The largest absolute Gasteiger partial charge is 0.297 e. The van der Waals surface area contributed by atoms with E-state index in [1.165, 1.54) is 0 Å². The molecule has 0 fully saturated rings. The van der Waals surface area contributed by atoms with Crippen molar-refractivity contribution in [2.75, 3.05) is 0 Å². The highest BCUT2D eigenvalue weighted by Crippen LogP contribution is 2.16. The van der Waals surface area contributed by atoms with Gasteiger partial charge in [-0.3, -0.25) is 9.48 Å². The van der Waals surface area contributed by atoms with Gasteiger partial charge in [-0.1, -0.05) is 34.6 Å². The minimum atomic E-state index is -0.288. The van der Waals surface area contributed by atoms with E-state index in [0.29, 0.717) is 6.54 Å². The van der Waals surface area contributed by atoms with Crippen molar-refractivity contribution in [3.05, 3.63) is 17.5 Å². The summed E-state index contributed by atoms with van der Waals surface area (Å²) in [5.74, 6) is 0.230. The number of aromatic nitrogens is 2. The van der Waals surface area contributed by atoms with Crippen LogP contribution in [0.2, 0.25) is 0 Å². The van der Waals surface area contributed by atoms with Crippen LogP contribution in [0.4, 0.5) is 0 Å². The van der Waals surface area contributed by atoms with Gasteiger partial charge < -0.3 is 0 Å². The molecule has 0 N–H and O–H groups in total. The second-order valence-corrected chi connectivity index (χ2v) is 5.16. The summed E-state index contributed by atoms with van der Waals surface area (Å²) in [5, 5.41) is 4.45. The Balaban J connectivity index is 2.88. The molecule has 1 aromatic heterocycles. The lowest BCUT2D eigenvalue weighted by atomic mass is 9.91. The molecule has 0 amide bonds. The van der Waals surface area contributed by atoms with Crippen molar-refractivity contribution < 1.29 is 4.79 Å². The minimum Gasteiger partial charge on any atom is -0.297 e. The molecule has 0 aromatic carbocycles. The van der Waals surface area contributed by atoms with Crippen molar-refractivity contribution in [3.63, 3.8) is 0 Å². The van der Waals surface area contributed by atoms with E-state index in [1.807, 2.05) is 25.5 Å². The van der Waals surface area contributed by atoms with Crippen molar-refractivity contribution >= 4 is 5.78 Å². The Labute approximate surface area is 97.8 Å². The van der Waals surface area contributed by atoms with Crippen LogP contribution < -0.4 is 0 Å². The maximum absolute atomic E-state index is 11.9. The minimum absolute atomic E-state index is 0.230. The average Bonchev–Trinajstić information content (AvgIpc) is 2.59. The van der Waals surface area contributed by atoms with E-state index in [-0.39, 0.29) is 11.2 Å². The van der Waals surface area contributed by atoms with Gasteiger partial charge in [-0.05, 0) is 18.9 Å².